The molecule has 13 rings (SSSR count). The standard InChI is InChI=1S/C42H23B3N2/c1-3-11-24(12-4-1)43-30-19-7-15-26-28-17-9-21-32-39(28)46(37(26)30)41-34(43)23-35-42-36(41)45(32)33-22-10-18-29-27-16-8-20-31(38(27)47(42)40(29)33)44(35)25-13-5-2-6-14-25/h1-23H. The first-order chi connectivity index (χ1) is 23.4. The van der Waals surface area contributed by atoms with Gasteiger partial charge in [0.1, 0.15) is 0 Å². The number of rotatable bonds is 2. The van der Waals surface area contributed by atoms with Gasteiger partial charge in [0.25, 0.3) is 6.71 Å². The summed E-state index contributed by atoms with van der Waals surface area (Å²) < 4.78 is 5.36. The predicted molar refractivity (Wildman–Crippen MR) is 202 cm³/mol. The molecule has 5 heteroatoms. The minimum atomic E-state index is 0.144. The van der Waals surface area contributed by atoms with Gasteiger partial charge in [0, 0.05) is 55.0 Å². The normalized spacial score (nSPS) is 14.3. The zero-order valence-corrected chi connectivity index (χ0v) is 25.4. The molecule has 0 aliphatic carbocycles. The van der Waals surface area contributed by atoms with Crippen molar-refractivity contribution in [3.05, 3.63) is 140 Å². The van der Waals surface area contributed by atoms with Gasteiger partial charge in [-0.25, -0.2) is 0 Å². The predicted octanol–water partition coefficient (Wildman–Crippen LogP) is 2.68. The van der Waals surface area contributed by atoms with Gasteiger partial charge in [-0.3, -0.25) is 0 Å². The van der Waals surface area contributed by atoms with Crippen LogP contribution in [0.4, 0.5) is 0 Å². The van der Waals surface area contributed by atoms with E-state index in [2.05, 4.69) is 149 Å². The van der Waals surface area contributed by atoms with Crippen molar-refractivity contribution in [3.8, 4) is 11.4 Å². The third-order valence-corrected chi connectivity index (χ3v) is 12.0. The van der Waals surface area contributed by atoms with Crippen molar-refractivity contribution in [2.75, 3.05) is 0 Å². The molecular formula is C42H23B3N2. The number of nitrogens with zero attached hydrogens (tertiary/aromatic N) is 2. The second-order valence-corrected chi connectivity index (χ2v) is 13.9. The maximum Gasteiger partial charge on any atom is 0.252 e. The maximum atomic E-state index is 2.68. The van der Waals surface area contributed by atoms with Gasteiger partial charge < -0.3 is 9.13 Å². The van der Waals surface area contributed by atoms with Crippen molar-refractivity contribution in [2.24, 2.45) is 0 Å². The van der Waals surface area contributed by atoms with E-state index in [0.29, 0.717) is 0 Å². The molecule has 0 radical (unpaired) electrons. The Morgan fingerprint density at radius 2 is 0.681 bits per heavy atom. The highest BCUT2D eigenvalue weighted by Gasteiger charge is 2.48. The van der Waals surface area contributed by atoms with Gasteiger partial charge in [0.05, 0.1) is 0 Å². The molecule has 4 aliphatic heterocycles. The second kappa shape index (κ2) is 7.82. The molecule has 2 nitrogen and oxygen atoms in total. The average Bonchev–Trinajstić information content (AvgIpc) is 3.66. The van der Waals surface area contributed by atoms with E-state index in [-0.39, 0.29) is 20.1 Å². The Bertz CT molecular complexity index is 2720. The van der Waals surface area contributed by atoms with Crippen molar-refractivity contribution < 1.29 is 0 Å². The molecule has 0 atom stereocenters. The monoisotopic (exact) mass is 588 g/mol. The molecule has 0 saturated carbocycles. The minimum Gasteiger partial charge on any atom is -0.311 e. The topological polar surface area (TPSA) is 9.86 Å². The van der Waals surface area contributed by atoms with Crippen LogP contribution in [0.3, 0.4) is 0 Å². The van der Waals surface area contributed by atoms with E-state index in [1.54, 1.807) is 0 Å². The van der Waals surface area contributed by atoms with E-state index in [1.165, 1.54) is 104 Å². The van der Waals surface area contributed by atoms with Crippen LogP contribution in [0, 0.1) is 0 Å². The van der Waals surface area contributed by atoms with Gasteiger partial charge in [-0.15, -0.1) is 0 Å². The van der Waals surface area contributed by atoms with E-state index in [0.717, 1.165) is 0 Å². The van der Waals surface area contributed by atoms with Gasteiger partial charge in [-0.1, -0.05) is 150 Å². The zero-order chi connectivity index (χ0) is 30.1. The summed E-state index contributed by atoms with van der Waals surface area (Å²) in [5.74, 6) is 0. The molecule has 0 fully saturated rings. The van der Waals surface area contributed by atoms with Crippen molar-refractivity contribution in [3.63, 3.8) is 0 Å². The molecule has 2 aromatic heterocycles. The van der Waals surface area contributed by atoms with Gasteiger partial charge in [-0.05, 0) is 38.2 Å². The van der Waals surface area contributed by atoms with E-state index in [9.17, 15) is 0 Å². The summed E-state index contributed by atoms with van der Waals surface area (Å²) in [6.07, 6.45) is 0. The smallest absolute Gasteiger partial charge is 0.252 e. The van der Waals surface area contributed by atoms with Crippen LogP contribution in [0.1, 0.15) is 0 Å². The average molecular weight is 588 g/mol. The second-order valence-electron chi connectivity index (χ2n) is 13.9. The fraction of sp³-hybridized carbons (Fsp3) is 0. The van der Waals surface area contributed by atoms with Gasteiger partial charge in [0.2, 0.25) is 13.4 Å². The summed E-state index contributed by atoms with van der Waals surface area (Å²) in [5, 5.41) is 5.46. The van der Waals surface area contributed by atoms with Crippen LogP contribution in [0.15, 0.2) is 140 Å². The number of para-hydroxylation sites is 4. The van der Waals surface area contributed by atoms with Crippen LogP contribution in [0.25, 0.3) is 55.0 Å². The van der Waals surface area contributed by atoms with Crippen LogP contribution < -0.4 is 49.2 Å². The molecule has 9 aromatic rings. The van der Waals surface area contributed by atoms with Crippen LogP contribution in [0.2, 0.25) is 0 Å². The molecule has 6 heterocycles. The molecule has 210 valence electrons. The number of hydrogen-bond donors (Lipinski definition) is 0. The molecular weight excluding hydrogens is 565 g/mol. The maximum absolute atomic E-state index is 2.68. The third-order valence-electron chi connectivity index (χ3n) is 12.0. The van der Waals surface area contributed by atoms with Crippen LogP contribution >= 0.6 is 0 Å². The highest BCUT2D eigenvalue weighted by molar-refractivity contribution is 7.06. The third kappa shape index (κ3) is 2.49. The quantitative estimate of drug-likeness (QED) is 0.275. The SMILES string of the molecule is c1ccc(B2c3cc4c5c6c3-n3c7c2cccc7c2cccc(c23)B6c2cccc3c6cccc(c6n-5c23)B4c2ccccc2)cc1. The molecule has 0 unspecified atom stereocenters. The van der Waals surface area contributed by atoms with Gasteiger partial charge >= 0.3 is 0 Å². The Hall–Kier alpha value is -5.67. The molecule has 0 bridgehead atoms. The first-order valence-electron chi connectivity index (χ1n) is 16.8. The molecule has 7 aromatic carbocycles. The fourth-order valence-electron chi connectivity index (χ4n) is 10.5. The molecule has 0 N–H and O–H groups in total. The Kier molecular flexibility index (Phi) is 3.93. The Morgan fingerprint density at radius 3 is 1.06 bits per heavy atom. The van der Waals surface area contributed by atoms with E-state index in [4.69, 9.17) is 0 Å². The molecule has 4 aliphatic rings. The van der Waals surface area contributed by atoms with Crippen LogP contribution in [-0.2, 0) is 0 Å². The van der Waals surface area contributed by atoms with Crippen molar-refractivity contribution in [1.29, 1.82) is 0 Å². The number of benzene rings is 7. The highest BCUT2D eigenvalue weighted by atomic mass is 15.0. The summed E-state index contributed by atoms with van der Waals surface area (Å²) in [5.41, 5.74) is 21.1. The van der Waals surface area contributed by atoms with Crippen molar-refractivity contribution in [1.82, 2.24) is 9.13 Å². The fourth-order valence-corrected chi connectivity index (χ4v) is 10.5. The minimum absolute atomic E-state index is 0.144. The number of hydrogen-bond acceptors (Lipinski definition) is 0. The number of aromatic nitrogens is 2. The van der Waals surface area contributed by atoms with Crippen molar-refractivity contribution in [2.45, 2.75) is 0 Å². The lowest BCUT2D eigenvalue weighted by molar-refractivity contribution is 1.15. The Labute approximate surface area is 272 Å². The lowest BCUT2D eigenvalue weighted by atomic mass is 9.27. The lowest BCUT2D eigenvalue weighted by Crippen LogP contribution is -2.69. The van der Waals surface area contributed by atoms with Gasteiger partial charge in [0.15, 0.2) is 0 Å². The first kappa shape index (κ1) is 23.6. The summed E-state index contributed by atoms with van der Waals surface area (Å²) in [7, 11) is 0. The van der Waals surface area contributed by atoms with E-state index in [1.807, 2.05) is 0 Å². The molecule has 47 heavy (non-hydrogen) atoms. The van der Waals surface area contributed by atoms with Crippen molar-refractivity contribution >= 4 is 113 Å². The summed E-state index contributed by atoms with van der Waals surface area (Å²) in [6.45, 7) is 0.451. The first-order valence-corrected chi connectivity index (χ1v) is 16.8. The molecule has 0 spiro atoms. The van der Waals surface area contributed by atoms with Gasteiger partial charge in [-0.2, -0.15) is 0 Å². The molecule has 0 amide bonds. The van der Waals surface area contributed by atoms with Crippen LogP contribution in [-0.4, -0.2) is 29.3 Å². The highest BCUT2D eigenvalue weighted by Crippen LogP contribution is 2.39. The van der Waals surface area contributed by atoms with E-state index >= 15 is 0 Å². The Balaban J connectivity index is 1.33. The molecule has 0 saturated heterocycles. The number of fused-ring (bicyclic) bond motifs is 4. The summed E-state index contributed by atoms with van der Waals surface area (Å²) >= 11 is 0. The summed E-state index contributed by atoms with van der Waals surface area (Å²) in [4.78, 5) is 0. The lowest BCUT2D eigenvalue weighted by Gasteiger charge is -2.41. The summed E-state index contributed by atoms with van der Waals surface area (Å²) in [6, 6.07) is 53.3. The zero-order valence-electron chi connectivity index (χ0n) is 25.4. The van der Waals surface area contributed by atoms with Crippen LogP contribution in [0.5, 0.6) is 0 Å². The Morgan fingerprint density at radius 1 is 0.319 bits per heavy atom. The van der Waals surface area contributed by atoms with E-state index < -0.39 is 0 Å². The largest absolute Gasteiger partial charge is 0.311 e.